The molecule has 0 aliphatic rings. The second kappa shape index (κ2) is 9.38. The molecule has 0 saturated carbocycles. The number of benzene rings is 2. The summed E-state index contributed by atoms with van der Waals surface area (Å²) in [5.41, 5.74) is 2.53. The monoisotopic (exact) mass is 362 g/mol. The van der Waals surface area contributed by atoms with Crippen LogP contribution in [-0.2, 0) is 22.5 Å². The lowest BCUT2D eigenvalue weighted by Crippen LogP contribution is -2.35. The number of nitrogens with one attached hydrogen (secondary N) is 1. The van der Waals surface area contributed by atoms with Crippen LogP contribution in [0.5, 0.6) is 0 Å². The van der Waals surface area contributed by atoms with E-state index in [0.29, 0.717) is 18.8 Å². The summed E-state index contributed by atoms with van der Waals surface area (Å²) in [5, 5.41) is 0. The van der Waals surface area contributed by atoms with Crippen LogP contribution < -0.4 is 0 Å². The molecule has 3 aromatic rings. The van der Waals surface area contributed by atoms with Gasteiger partial charge in [-0.2, -0.15) is 0 Å². The van der Waals surface area contributed by atoms with Crippen molar-refractivity contribution in [2.24, 2.45) is 0 Å². The van der Waals surface area contributed by atoms with Crippen molar-refractivity contribution in [1.82, 2.24) is 9.88 Å². The van der Waals surface area contributed by atoms with Crippen LogP contribution in [0.15, 0.2) is 79.0 Å². The topological polar surface area (TPSA) is 62.4 Å². The van der Waals surface area contributed by atoms with Gasteiger partial charge in [0.25, 0.3) is 5.91 Å². The molecule has 0 fully saturated rings. The van der Waals surface area contributed by atoms with E-state index in [-0.39, 0.29) is 12.5 Å². The van der Waals surface area contributed by atoms with Crippen LogP contribution in [-0.4, -0.2) is 34.9 Å². The van der Waals surface area contributed by atoms with E-state index in [0.717, 1.165) is 17.5 Å². The van der Waals surface area contributed by atoms with Gasteiger partial charge in [0, 0.05) is 19.3 Å². The SMILES string of the molecule is O=C(OCC(=O)N(CCc1ccccc1)Cc1ccccc1)c1ccc[nH]1. The molecule has 0 spiro atoms. The smallest absolute Gasteiger partial charge is 0.355 e. The molecule has 1 aromatic heterocycles. The van der Waals surface area contributed by atoms with Crippen molar-refractivity contribution < 1.29 is 14.3 Å². The predicted molar refractivity (Wildman–Crippen MR) is 103 cm³/mol. The van der Waals surface area contributed by atoms with Gasteiger partial charge in [0.2, 0.25) is 0 Å². The largest absolute Gasteiger partial charge is 0.451 e. The molecular weight excluding hydrogens is 340 g/mol. The quantitative estimate of drug-likeness (QED) is 0.625. The Morgan fingerprint density at radius 1 is 0.852 bits per heavy atom. The van der Waals surface area contributed by atoms with Crippen LogP contribution in [0.2, 0.25) is 0 Å². The molecule has 0 bridgehead atoms. The van der Waals surface area contributed by atoms with Gasteiger partial charge >= 0.3 is 5.97 Å². The molecule has 0 radical (unpaired) electrons. The molecule has 1 N–H and O–H groups in total. The zero-order chi connectivity index (χ0) is 18.9. The first-order valence-corrected chi connectivity index (χ1v) is 8.88. The minimum atomic E-state index is -0.531. The number of aromatic amines is 1. The number of rotatable bonds is 8. The van der Waals surface area contributed by atoms with Gasteiger partial charge in [0.15, 0.2) is 6.61 Å². The molecule has 0 aliphatic heterocycles. The van der Waals surface area contributed by atoms with E-state index in [1.54, 1.807) is 23.2 Å². The first kappa shape index (κ1) is 18.5. The molecular formula is C22H22N2O3. The molecule has 1 heterocycles. The van der Waals surface area contributed by atoms with Gasteiger partial charge < -0.3 is 14.6 Å². The Balaban J connectivity index is 1.62. The molecule has 0 saturated heterocycles. The standard InChI is InChI=1S/C22H22N2O3/c25-21(17-27-22(26)20-12-7-14-23-20)24(16-19-10-5-2-6-11-19)15-13-18-8-3-1-4-9-18/h1-12,14,23H,13,15-17H2. The van der Waals surface area contributed by atoms with E-state index in [2.05, 4.69) is 4.98 Å². The van der Waals surface area contributed by atoms with E-state index < -0.39 is 5.97 Å². The molecule has 0 atom stereocenters. The number of ether oxygens (including phenoxy) is 1. The molecule has 138 valence electrons. The lowest BCUT2D eigenvalue weighted by atomic mass is 10.1. The number of esters is 1. The molecule has 0 aliphatic carbocycles. The van der Waals surface area contributed by atoms with Crippen LogP contribution in [0.25, 0.3) is 0 Å². The van der Waals surface area contributed by atoms with Gasteiger partial charge in [-0.1, -0.05) is 60.7 Å². The highest BCUT2D eigenvalue weighted by atomic mass is 16.5. The Morgan fingerprint density at radius 2 is 1.52 bits per heavy atom. The number of hydrogen-bond donors (Lipinski definition) is 1. The zero-order valence-electron chi connectivity index (χ0n) is 15.0. The van der Waals surface area contributed by atoms with Gasteiger partial charge in [0.1, 0.15) is 5.69 Å². The van der Waals surface area contributed by atoms with E-state index in [4.69, 9.17) is 4.74 Å². The third-order valence-corrected chi connectivity index (χ3v) is 4.23. The van der Waals surface area contributed by atoms with Crippen molar-refractivity contribution in [2.45, 2.75) is 13.0 Å². The van der Waals surface area contributed by atoms with E-state index in [9.17, 15) is 9.59 Å². The Morgan fingerprint density at radius 3 is 2.15 bits per heavy atom. The second-order valence-corrected chi connectivity index (χ2v) is 6.20. The Kier molecular flexibility index (Phi) is 6.41. The fourth-order valence-corrected chi connectivity index (χ4v) is 2.76. The summed E-state index contributed by atoms with van der Waals surface area (Å²) in [4.78, 5) is 29.1. The number of amides is 1. The summed E-state index contributed by atoms with van der Waals surface area (Å²) < 4.78 is 5.16. The van der Waals surface area contributed by atoms with Crippen LogP contribution in [0.1, 0.15) is 21.6 Å². The molecule has 5 nitrogen and oxygen atoms in total. The summed E-state index contributed by atoms with van der Waals surface area (Å²) >= 11 is 0. The minimum absolute atomic E-state index is 0.213. The van der Waals surface area contributed by atoms with Crippen LogP contribution in [0.3, 0.4) is 0 Å². The molecule has 1 amide bonds. The van der Waals surface area contributed by atoms with Crippen molar-refractivity contribution in [3.63, 3.8) is 0 Å². The average Bonchev–Trinajstić information content (AvgIpc) is 3.25. The van der Waals surface area contributed by atoms with Gasteiger partial charge in [0.05, 0.1) is 0 Å². The summed E-state index contributed by atoms with van der Waals surface area (Å²) in [6.45, 7) is 0.754. The van der Waals surface area contributed by atoms with Gasteiger partial charge in [-0.3, -0.25) is 4.79 Å². The van der Waals surface area contributed by atoms with Crippen LogP contribution >= 0.6 is 0 Å². The van der Waals surface area contributed by atoms with E-state index in [1.165, 1.54) is 0 Å². The fourth-order valence-electron chi connectivity index (χ4n) is 2.76. The molecule has 27 heavy (non-hydrogen) atoms. The third kappa shape index (κ3) is 5.57. The molecule has 3 rings (SSSR count). The van der Waals surface area contributed by atoms with Crippen molar-refractivity contribution in [2.75, 3.05) is 13.2 Å². The minimum Gasteiger partial charge on any atom is -0.451 e. The number of carbonyl (C=O) groups excluding carboxylic acids is 2. The molecule has 2 aromatic carbocycles. The maximum atomic E-state index is 12.7. The maximum absolute atomic E-state index is 12.7. The number of hydrogen-bond acceptors (Lipinski definition) is 3. The highest BCUT2D eigenvalue weighted by Crippen LogP contribution is 2.08. The lowest BCUT2D eigenvalue weighted by Gasteiger charge is -2.23. The average molecular weight is 362 g/mol. The number of carbonyl (C=O) groups is 2. The van der Waals surface area contributed by atoms with Crippen LogP contribution in [0, 0.1) is 0 Å². The summed E-state index contributed by atoms with van der Waals surface area (Å²) in [6, 6.07) is 23.1. The van der Waals surface area contributed by atoms with Gasteiger partial charge in [-0.05, 0) is 29.7 Å². The molecule has 0 unspecified atom stereocenters. The number of H-pyrrole nitrogens is 1. The lowest BCUT2D eigenvalue weighted by molar-refractivity contribution is -0.135. The van der Waals surface area contributed by atoms with E-state index in [1.807, 2.05) is 60.7 Å². The highest BCUT2D eigenvalue weighted by Gasteiger charge is 2.17. The number of nitrogens with zero attached hydrogens (tertiary/aromatic N) is 1. The molecule has 5 heteroatoms. The highest BCUT2D eigenvalue weighted by molar-refractivity contribution is 5.89. The third-order valence-electron chi connectivity index (χ3n) is 4.23. The second-order valence-electron chi connectivity index (χ2n) is 6.20. The van der Waals surface area contributed by atoms with Gasteiger partial charge in [-0.15, -0.1) is 0 Å². The predicted octanol–water partition coefficient (Wildman–Crippen LogP) is 3.44. The Bertz CT molecular complexity index is 846. The summed E-state index contributed by atoms with van der Waals surface area (Å²) in [7, 11) is 0. The van der Waals surface area contributed by atoms with Crippen molar-refractivity contribution in [3.05, 3.63) is 95.8 Å². The zero-order valence-corrected chi connectivity index (χ0v) is 15.0. The van der Waals surface area contributed by atoms with Crippen molar-refractivity contribution >= 4 is 11.9 Å². The van der Waals surface area contributed by atoms with E-state index >= 15 is 0 Å². The van der Waals surface area contributed by atoms with Crippen molar-refractivity contribution in [3.8, 4) is 0 Å². The summed E-state index contributed by atoms with van der Waals surface area (Å²) in [6.07, 6.45) is 2.38. The van der Waals surface area contributed by atoms with Crippen molar-refractivity contribution in [1.29, 1.82) is 0 Å². The Labute approximate surface area is 158 Å². The normalized spacial score (nSPS) is 10.4. The van der Waals surface area contributed by atoms with Crippen LogP contribution in [0.4, 0.5) is 0 Å². The number of aromatic nitrogens is 1. The first-order chi connectivity index (χ1) is 13.2. The summed E-state index contributed by atoms with van der Waals surface area (Å²) in [5.74, 6) is -0.745. The maximum Gasteiger partial charge on any atom is 0.355 e. The fraction of sp³-hybridized carbons (Fsp3) is 0.182. The Hall–Kier alpha value is -3.34. The van der Waals surface area contributed by atoms with Gasteiger partial charge in [-0.25, -0.2) is 4.79 Å². The first-order valence-electron chi connectivity index (χ1n) is 8.88.